The predicted octanol–water partition coefficient (Wildman–Crippen LogP) is -1.17. The molecule has 2 aliphatic rings. The van der Waals surface area contributed by atoms with Crippen LogP contribution in [-0.4, -0.2) is 84.0 Å². The molecule has 0 aromatic carbocycles. The minimum absolute atomic E-state index is 0.00885. The number of nitrogens with two attached hydrogens (primary N) is 1. The van der Waals surface area contributed by atoms with Crippen molar-refractivity contribution >= 4 is 29.1 Å². The van der Waals surface area contributed by atoms with E-state index in [1.54, 1.807) is 11.9 Å². The first kappa shape index (κ1) is 15.0. The van der Waals surface area contributed by atoms with Crippen molar-refractivity contribution in [3.8, 4) is 0 Å². The largest absolute Gasteiger partial charge is 0.393 e. The Bertz CT molecular complexity index is 417. The summed E-state index contributed by atoms with van der Waals surface area (Å²) in [5.74, 6) is 0.0620. The molecule has 2 rings (SSSR count). The quantitative estimate of drug-likeness (QED) is 0.625. The molecular weight excluding hydrogens is 278 g/mol. The van der Waals surface area contributed by atoms with Crippen LogP contribution in [0.1, 0.15) is 6.42 Å². The molecule has 1 unspecified atom stereocenters. The zero-order valence-electron chi connectivity index (χ0n) is 11.7. The number of urea groups is 1. The van der Waals surface area contributed by atoms with Gasteiger partial charge >= 0.3 is 6.03 Å². The number of likely N-dealkylation sites (N-methyl/N-ethyl adjacent to an activating group) is 1. The number of carbonyl (C=O) groups excluding carboxylic acids is 2. The average Bonchev–Trinajstić information content (AvgIpc) is 2.77. The summed E-state index contributed by atoms with van der Waals surface area (Å²) in [5, 5.41) is 2.83. The van der Waals surface area contributed by atoms with Gasteiger partial charge in [-0.25, -0.2) is 4.79 Å². The lowest BCUT2D eigenvalue weighted by atomic mass is 10.2. The van der Waals surface area contributed by atoms with Gasteiger partial charge in [0.15, 0.2) is 0 Å². The lowest BCUT2D eigenvalue weighted by Crippen LogP contribution is -2.54. The summed E-state index contributed by atoms with van der Waals surface area (Å²) < 4.78 is 0. The van der Waals surface area contributed by atoms with Crippen LogP contribution in [0, 0.1) is 0 Å². The summed E-state index contributed by atoms with van der Waals surface area (Å²) in [6, 6.07) is 0.195. The highest BCUT2D eigenvalue weighted by atomic mass is 32.1. The van der Waals surface area contributed by atoms with Crippen LogP contribution in [0.5, 0.6) is 0 Å². The van der Waals surface area contributed by atoms with Crippen molar-refractivity contribution in [1.82, 2.24) is 20.0 Å². The number of hydrogen-bond donors (Lipinski definition) is 2. The van der Waals surface area contributed by atoms with E-state index in [0.717, 1.165) is 13.1 Å². The van der Waals surface area contributed by atoms with Gasteiger partial charge in [-0.1, -0.05) is 12.2 Å². The van der Waals surface area contributed by atoms with Gasteiger partial charge in [-0.05, 0) is 0 Å². The molecule has 1 atom stereocenters. The Morgan fingerprint density at radius 1 is 1.55 bits per heavy atom. The molecule has 0 radical (unpaired) electrons. The topological polar surface area (TPSA) is 81.9 Å². The minimum Gasteiger partial charge on any atom is -0.393 e. The number of hydrogen-bond acceptors (Lipinski definition) is 4. The van der Waals surface area contributed by atoms with Gasteiger partial charge in [0.25, 0.3) is 0 Å². The van der Waals surface area contributed by atoms with Crippen LogP contribution in [0.15, 0.2) is 0 Å². The Morgan fingerprint density at radius 3 is 3.00 bits per heavy atom. The Morgan fingerprint density at radius 2 is 2.30 bits per heavy atom. The number of nitrogens with one attached hydrogen (secondary N) is 1. The lowest BCUT2D eigenvalue weighted by molar-refractivity contribution is -0.131. The number of rotatable bonds is 5. The van der Waals surface area contributed by atoms with Crippen LogP contribution < -0.4 is 11.1 Å². The van der Waals surface area contributed by atoms with Gasteiger partial charge in [0.1, 0.15) is 0 Å². The smallest absolute Gasteiger partial charge is 0.317 e. The second kappa shape index (κ2) is 6.36. The van der Waals surface area contributed by atoms with Gasteiger partial charge in [0.2, 0.25) is 5.91 Å². The molecule has 3 N–H and O–H groups in total. The van der Waals surface area contributed by atoms with Gasteiger partial charge in [-0.15, -0.1) is 0 Å². The fraction of sp³-hybridized carbons (Fsp3) is 0.750. The van der Waals surface area contributed by atoms with Crippen LogP contribution in [0.25, 0.3) is 0 Å². The monoisotopic (exact) mass is 299 g/mol. The Balaban J connectivity index is 1.78. The minimum atomic E-state index is 0.00885. The van der Waals surface area contributed by atoms with Crippen molar-refractivity contribution in [2.24, 2.45) is 5.73 Å². The van der Waals surface area contributed by atoms with Crippen molar-refractivity contribution < 1.29 is 9.59 Å². The van der Waals surface area contributed by atoms with Gasteiger partial charge in [0, 0.05) is 46.2 Å². The van der Waals surface area contributed by atoms with Crippen molar-refractivity contribution in [3.63, 3.8) is 0 Å². The number of carbonyl (C=O) groups is 2. The van der Waals surface area contributed by atoms with Crippen molar-refractivity contribution in [1.29, 1.82) is 0 Å². The molecule has 2 heterocycles. The van der Waals surface area contributed by atoms with Crippen LogP contribution in [0.2, 0.25) is 0 Å². The van der Waals surface area contributed by atoms with Crippen LogP contribution in [0.4, 0.5) is 4.79 Å². The van der Waals surface area contributed by atoms with Gasteiger partial charge < -0.3 is 20.9 Å². The molecular formula is C12H21N5O2S. The summed E-state index contributed by atoms with van der Waals surface area (Å²) in [7, 11) is 1.76. The van der Waals surface area contributed by atoms with Crippen LogP contribution >= 0.6 is 12.2 Å². The van der Waals surface area contributed by atoms with E-state index in [2.05, 4.69) is 10.2 Å². The normalized spacial score (nSPS) is 22.4. The fourth-order valence-electron chi connectivity index (χ4n) is 2.53. The fourth-order valence-corrected chi connectivity index (χ4v) is 2.62. The van der Waals surface area contributed by atoms with E-state index in [0.29, 0.717) is 37.6 Å². The van der Waals surface area contributed by atoms with Crippen molar-refractivity contribution in [2.75, 3.05) is 46.3 Å². The van der Waals surface area contributed by atoms with E-state index >= 15 is 0 Å². The van der Waals surface area contributed by atoms with Gasteiger partial charge in [-0.2, -0.15) is 0 Å². The maximum absolute atomic E-state index is 12.1. The zero-order chi connectivity index (χ0) is 14.7. The molecule has 2 aliphatic heterocycles. The molecule has 0 aromatic rings. The third-order valence-corrected chi connectivity index (χ3v) is 4.00. The third kappa shape index (κ3) is 3.57. The molecule has 0 saturated carbocycles. The lowest BCUT2D eigenvalue weighted by Gasteiger charge is -2.36. The van der Waals surface area contributed by atoms with E-state index in [1.165, 1.54) is 0 Å². The van der Waals surface area contributed by atoms with E-state index in [9.17, 15) is 9.59 Å². The van der Waals surface area contributed by atoms with E-state index < -0.39 is 0 Å². The van der Waals surface area contributed by atoms with E-state index in [4.69, 9.17) is 18.0 Å². The average molecular weight is 299 g/mol. The number of thiocarbonyl (C=S) groups is 1. The Hall–Kier alpha value is -1.41. The summed E-state index contributed by atoms with van der Waals surface area (Å²) in [5.41, 5.74) is 5.44. The second-order valence-electron chi connectivity index (χ2n) is 5.30. The van der Waals surface area contributed by atoms with Gasteiger partial charge in [0.05, 0.1) is 17.6 Å². The third-order valence-electron chi connectivity index (χ3n) is 3.79. The molecule has 0 aromatic heterocycles. The molecule has 0 spiro atoms. The summed E-state index contributed by atoms with van der Waals surface area (Å²) in [6.07, 6.45) is 0.548. The number of piperazine rings is 1. The van der Waals surface area contributed by atoms with Crippen molar-refractivity contribution in [3.05, 3.63) is 0 Å². The maximum Gasteiger partial charge on any atom is 0.317 e. The summed E-state index contributed by atoms with van der Waals surface area (Å²) >= 11 is 4.81. The zero-order valence-corrected chi connectivity index (χ0v) is 12.5. The number of fused-ring (bicyclic) bond motifs is 1. The second-order valence-corrected chi connectivity index (χ2v) is 5.82. The first-order chi connectivity index (χ1) is 9.47. The van der Waals surface area contributed by atoms with E-state index in [-0.39, 0.29) is 18.0 Å². The molecule has 0 bridgehead atoms. The highest BCUT2D eigenvalue weighted by Crippen LogP contribution is 2.14. The summed E-state index contributed by atoms with van der Waals surface area (Å²) in [4.78, 5) is 29.6. The number of amides is 3. The first-order valence-corrected chi connectivity index (χ1v) is 7.17. The van der Waals surface area contributed by atoms with Gasteiger partial charge in [-0.3, -0.25) is 9.69 Å². The molecule has 2 fully saturated rings. The maximum atomic E-state index is 12.1. The standard InChI is InChI=1S/C12H21N5O2S/c1-15(3-2-10(13)20)11(18)8-16-4-5-17-9(7-16)6-14-12(17)19/h9H,2-8H2,1H3,(H2,13,20)(H,14,19). The molecule has 3 amide bonds. The highest BCUT2D eigenvalue weighted by molar-refractivity contribution is 7.80. The summed E-state index contributed by atoms with van der Waals surface area (Å²) in [6.45, 7) is 3.76. The Kier molecular flexibility index (Phi) is 4.77. The molecule has 20 heavy (non-hydrogen) atoms. The van der Waals surface area contributed by atoms with Crippen LogP contribution in [-0.2, 0) is 4.79 Å². The highest BCUT2D eigenvalue weighted by Gasteiger charge is 2.35. The molecule has 2 saturated heterocycles. The van der Waals surface area contributed by atoms with Crippen LogP contribution in [0.3, 0.4) is 0 Å². The van der Waals surface area contributed by atoms with E-state index in [1.807, 2.05) is 4.90 Å². The van der Waals surface area contributed by atoms with Crippen molar-refractivity contribution in [2.45, 2.75) is 12.5 Å². The molecule has 0 aliphatic carbocycles. The predicted molar refractivity (Wildman–Crippen MR) is 79.4 cm³/mol. The molecule has 7 nitrogen and oxygen atoms in total. The molecule has 8 heteroatoms. The number of nitrogens with zero attached hydrogens (tertiary/aromatic N) is 3. The first-order valence-electron chi connectivity index (χ1n) is 6.76. The SMILES string of the molecule is CN(CCC(N)=S)C(=O)CN1CCN2C(=O)NCC2C1. The molecule has 112 valence electrons. The Labute approximate surface area is 124 Å².